The minimum atomic E-state index is -4.01. The lowest BCUT2D eigenvalue weighted by Crippen LogP contribution is -2.46. The van der Waals surface area contributed by atoms with Gasteiger partial charge >= 0.3 is 11.9 Å². The van der Waals surface area contributed by atoms with Gasteiger partial charge in [0.05, 0.1) is 18.3 Å². The number of carbonyl (C=O) groups excluding carboxylic acids is 2. The second-order valence-electron chi connectivity index (χ2n) is 8.81. The van der Waals surface area contributed by atoms with Crippen molar-refractivity contribution in [3.8, 4) is 0 Å². The van der Waals surface area contributed by atoms with Gasteiger partial charge < -0.3 is 9.47 Å². The van der Waals surface area contributed by atoms with Crippen molar-refractivity contribution in [2.24, 2.45) is 11.8 Å². The summed E-state index contributed by atoms with van der Waals surface area (Å²) in [6.07, 6.45) is 2.18. The highest BCUT2D eigenvalue weighted by atomic mass is 32.2. The van der Waals surface area contributed by atoms with Crippen LogP contribution in [0.5, 0.6) is 0 Å². The van der Waals surface area contributed by atoms with Crippen LogP contribution in [0.15, 0.2) is 60.7 Å². The Morgan fingerprint density at radius 2 is 1.50 bits per heavy atom. The normalized spacial score (nSPS) is 15.1. The summed E-state index contributed by atoms with van der Waals surface area (Å²) >= 11 is 0. The smallest absolute Gasteiger partial charge is 0.326 e. The first-order chi connectivity index (χ1) is 15.2. The summed E-state index contributed by atoms with van der Waals surface area (Å²) in [6, 6.07) is 18.4. The molecule has 3 rings (SSSR count). The number of sulfone groups is 1. The largest absolute Gasteiger partial charge is 0.464 e. The maximum absolute atomic E-state index is 13.2. The summed E-state index contributed by atoms with van der Waals surface area (Å²) in [4.78, 5) is 25.5. The first-order valence-electron chi connectivity index (χ1n) is 10.8. The quantitative estimate of drug-likeness (QED) is 0.477. The van der Waals surface area contributed by atoms with Gasteiger partial charge in [0.2, 0.25) is 0 Å². The fourth-order valence-corrected chi connectivity index (χ4v) is 4.72. The fraction of sp³-hybridized carbons (Fsp3) is 0.440. The van der Waals surface area contributed by atoms with Crippen molar-refractivity contribution in [1.82, 2.24) is 0 Å². The number of rotatable bonds is 11. The molecule has 7 heteroatoms. The van der Waals surface area contributed by atoms with E-state index in [0.29, 0.717) is 5.92 Å². The molecule has 0 spiro atoms. The Morgan fingerprint density at radius 1 is 0.938 bits per heavy atom. The van der Waals surface area contributed by atoms with Crippen LogP contribution < -0.4 is 0 Å². The number of hydrogen-bond donors (Lipinski definition) is 0. The Kier molecular flexibility index (Phi) is 7.72. The predicted octanol–water partition coefficient (Wildman–Crippen LogP) is 3.74. The molecule has 0 radical (unpaired) electrons. The van der Waals surface area contributed by atoms with Crippen LogP contribution >= 0.6 is 0 Å². The molecule has 32 heavy (non-hydrogen) atoms. The number of esters is 2. The van der Waals surface area contributed by atoms with E-state index in [0.717, 1.165) is 24.0 Å². The van der Waals surface area contributed by atoms with Gasteiger partial charge in [-0.25, -0.2) is 8.42 Å². The van der Waals surface area contributed by atoms with Gasteiger partial charge in [-0.1, -0.05) is 60.7 Å². The standard InChI is InChI=1S/C25H30O6S/c1-25(2,24(27)31-17-21-13-14-21)32(28,29)18-22(15-19-9-5-3-6-10-19)23(26)30-16-20-11-7-4-8-12-20/h3-12,21-22H,13-18H2,1-2H3. The predicted molar refractivity (Wildman–Crippen MR) is 121 cm³/mol. The lowest BCUT2D eigenvalue weighted by Gasteiger charge is -2.25. The highest BCUT2D eigenvalue weighted by Gasteiger charge is 2.45. The van der Waals surface area contributed by atoms with Crippen molar-refractivity contribution in [2.45, 2.75) is 44.5 Å². The second kappa shape index (κ2) is 10.3. The summed E-state index contributed by atoms with van der Waals surface area (Å²) in [5.41, 5.74) is 1.63. The van der Waals surface area contributed by atoms with Crippen LogP contribution in [0, 0.1) is 11.8 Å². The first kappa shape index (κ1) is 24.0. The zero-order chi connectivity index (χ0) is 23.2. The van der Waals surface area contributed by atoms with Crippen LogP contribution in [0.2, 0.25) is 0 Å². The van der Waals surface area contributed by atoms with Crippen LogP contribution in [-0.4, -0.2) is 37.5 Å². The Labute approximate surface area is 189 Å². The van der Waals surface area contributed by atoms with E-state index in [1.54, 1.807) is 0 Å². The molecule has 0 bridgehead atoms. The molecule has 1 unspecified atom stereocenters. The number of benzene rings is 2. The zero-order valence-corrected chi connectivity index (χ0v) is 19.3. The molecular weight excluding hydrogens is 428 g/mol. The van der Waals surface area contributed by atoms with E-state index < -0.39 is 38.2 Å². The minimum Gasteiger partial charge on any atom is -0.464 e. The van der Waals surface area contributed by atoms with Gasteiger partial charge in [0.25, 0.3) is 0 Å². The molecule has 1 saturated carbocycles. The van der Waals surface area contributed by atoms with Crippen molar-refractivity contribution in [3.63, 3.8) is 0 Å². The summed E-state index contributed by atoms with van der Waals surface area (Å²) in [6.45, 7) is 2.97. The van der Waals surface area contributed by atoms with Crippen molar-refractivity contribution >= 4 is 21.8 Å². The van der Waals surface area contributed by atoms with Crippen LogP contribution in [0.1, 0.15) is 37.8 Å². The van der Waals surface area contributed by atoms with E-state index in [1.165, 1.54) is 13.8 Å². The van der Waals surface area contributed by atoms with E-state index in [4.69, 9.17) is 9.47 Å². The minimum absolute atomic E-state index is 0.0534. The second-order valence-corrected chi connectivity index (χ2v) is 11.4. The molecule has 0 saturated heterocycles. The topological polar surface area (TPSA) is 86.7 Å². The van der Waals surface area contributed by atoms with E-state index in [-0.39, 0.29) is 19.6 Å². The molecule has 172 valence electrons. The molecule has 1 atom stereocenters. The van der Waals surface area contributed by atoms with Gasteiger partial charge in [-0.2, -0.15) is 0 Å². The Balaban J connectivity index is 1.73. The molecule has 6 nitrogen and oxygen atoms in total. The van der Waals surface area contributed by atoms with E-state index in [9.17, 15) is 18.0 Å². The van der Waals surface area contributed by atoms with Crippen molar-refractivity contribution in [1.29, 1.82) is 0 Å². The molecule has 2 aromatic rings. The molecule has 1 aliphatic rings. The molecule has 2 aromatic carbocycles. The third-order valence-electron chi connectivity index (χ3n) is 5.72. The lowest BCUT2D eigenvalue weighted by atomic mass is 10.0. The molecule has 0 aliphatic heterocycles. The molecule has 1 aliphatic carbocycles. The first-order valence-corrected chi connectivity index (χ1v) is 12.5. The third-order valence-corrected chi connectivity index (χ3v) is 8.28. The average Bonchev–Trinajstić information content (AvgIpc) is 3.61. The van der Waals surface area contributed by atoms with E-state index in [2.05, 4.69) is 0 Å². The maximum Gasteiger partial charge on any atom is 0.326 e. The van der Waals surface area contributed by atoms with Crippen LogP contribution in [0.25, 0.3) is 0 Å². The number of hydrogen-bond acceptors (Lipinski definition) is 6. The van der Waals surface area contributed by atoms with Gasteiger partial charge in [-0.15, -0.1) is 0 Å². The summed E-state index contributed by atoms with van der Waals surface area (Å²) in [7, 11) is -4.01. The van der Waals surface area contributed by atoms with Gasteiger partial charge in [0, 0.05) is 0 Å². The van der Waals surface area contributed by atoms with Crippen LogP contribution in [-0.2, 0) is 41.9 Å². The van der Waals surface area contributed by atoms with Crippen molar-refractivity contribution < 1.29 is 27.5 Å². The third kappa shape index (κ3) is 6.42. The SMILES string of the molecule is CC(C)(C(=O)OCC1CC1)S(=O)(=O)CC(Cc1ccccc1)C(=O)OCc1ccccc1. The number of carbonyl (C=O) groups is 2. The lowest BCUT2D eigenvalue weighted by molar-refractivity contribution is -0.149. The van der Waals surface area contributed by atoms with Gasteiger partial charge in [0.1, 0.15) is 6.61 Å². The molecule has 0 aromatic heterocycles. The fourth-order valence-electron chi connectivity index (χ4n) is 3.21. The van der Waals surface area contributed by atoms with Crippen LogP contribution in [0.4, 0.5) is 0 Å². The highest BCUT2D eigenvalue weighted by Crippen LogP contribution is 2.30. The van der Waals surface area contributed by atoms with Gasteiger partial charge in [-0.05, 0) is 50.2 Å². The molecule has 0 amide bonds. The molecule has 0 N–H and O–H groups in total. The monoisotopic (exact) mass is 458 g/mol. The summed E-state index contributed by atoms with van der Waals surface area (Å²) in [5, 5.41) is 0. The molecular formula is C25H30O6S. The van der Waals surface area contributed by atoms with Crippen molar-refractivity contribution in [2.75, 3.05) is 12.4 Å². The van der Waals surface area contributed by atoms with Gasteiger partial charge in [0.15, 0.2) is 14.6 Å². The maximum atomic E-state index is 13.2. The van der Waals surface area contributed by atoms with Gasteiger partial charge in [-0.3, -0.25) is 9.59 Å². The summed E-state index contributed by atoms with van der Waals surface area (Å²) < 4.78 is 35.4. The zero-order valence-electron chi connectivity index (χ0n) is 18.5. The molecule has 0 heterocycles. The van der Waals surface area contributed by atoms with Crippen molar-refractivity contribution in [3.05, 3.63) is 71.8 Å². The Hall–Kier alpha value is -2.67. The van der Waals surface area contributed by atoms with E-state index in [1.807, 2.05) is 60.7 Å². The van der Waals surface area contributed by atoms with Crippen LogP contribution in [0.3, 0.4) is 0 Å². The summed E-state index contributed by atoms with van der Waals surface area (Å²) in [5.74, 6) is -2.50. The average molecular weight is 459 g/mol. The molecule has 1 fully saturated rings. The van der Waals surface area contributed by atoms with E-state index >= 15 is 0 Å². The Morgan fingerprint density at radius 3 is 2.06 bits per heavy atom. The highest BCUT2D eigenvalue weighted by molar-refractivity contribution is 7.93. The number of ether oxygens (including phenoxy) is 2. The Bertz CT molecular complexity index is 1010.